The van der Waals surface area contributed by atoms with Crippen molar-refractivity contribution in [2.45, 2.75) is 18.9 Å². The molecule has 1 N–H and O–H groups in total. The van der Waals surface area contributed by atoms with Crippen molar-refractivity contribution in [1.82, 2.24) is 19.9 Å². The van der Waals surface area contributed by atoms with Crippen LogP contribution in [0.5, 0.6) is 0 Å². The van der Waals surface area contributed by atoms with Gasteiger partial charge in [-0.3, -0.25) is 0 Å². The van der Waals surface area contributed by atoms with E-state index < -0.39 is 0 Å². The summed E-state index contributed by atoms with van der Waals surface area (Å²) < 4.78 is 0. The van der Waals surface area contributed by atoms with Crippen LogP contribution in [0.2, 0.25) is 0 Å². The Balaban J connectivity index is 1.88. The molecule has 3 rings (SSSR count). The molecular weight excluding hydrogens is 228 g/mol. The van der Waals surface area contributed by atoms with Gasteiger partial charge in [0, 0.05) is 18.9 Å². The zero-order chi connectivity index (χ0) is 12.4. The van der Waals surface area contributed by atoms with Crippen LogP contribution in [0.25, 0.3) is 0 Å². The normalized spacial score (nSPS) is 18.8. The number of nitrogens with one attached hydrogen (secondary N) is 1. The van der Waals surface area contributed by atoms with Crippen LogP contribution in [0, 0.1) is 11.3 Å². The quantitative estimate of drug-likeness (QED) is 0.858. The van der Waals surface area contributed by atoms with Gasteiger partial charge in [-0.15, -0.1) is 0 Å². The van der Waals surface area contributed by atoms with Gasteiger partial charge in [0.05, 0.1) is 18.4 Å². The van der Waals surface area contributed by atoms with Gasteiger partial charge in [0.15, 0.2) is 5.69 Å². The van der Waals surface area contributed by atoms with E-state index in [1.807, 2.05) is 12.3 Å². The van der Waals surface area contributed by atoms with Gasteiger partial charge in [0.1, 0.15) is 17.7 Å². The van der Waals surface area contributed by atoms with E-state index in [4.69, 9.17) is 5.26 Å². The predicted molar refractivity (Wildman–Crippen MR) is 64.7 cm³/mol. The first-order chi connectivity index (χ1) is 8.88. The molecule has 2 aromatic heterocycles. The summed E-state index contributed by atoms with van der Waals surface area (Å²) in [5.74, 6) is 1.76. The zero-order valence-electron chi connectivity index (χ0n) is 9.74. The van der Waals surface area contributed by atoms with Crippen LogP contribution in [0.3, 0.4) is 0 Å². The fourth-order valence-electron chi connectivity index (χ4n) is 2.31. The summed E-state index contributed by atoms with van der Waals surface area (Å²) >= 11 is 0. The van der Waals surface area contributed by atoms with E-state index in [1.54, 1.807) is 12.4 Å². The molecule has 1 unspecified atom stereocenters. The summed E-state index contributed by atoms with van der Waals surface area (Å²) in [5.41, 5.74) is 0.340. The van der Waals surface area contributed by atoms with Crippen molar-refractivity contribution in [2.24, 2.45) is 0 Å². The standard InChI is InChI=1S/C12H12N6/c13-6-9-7-17-11(8-16-9)18-5-1-2-10(18)12-14-3-4-15-12/h3-4,7-8,10H,1-2,5H2,(H,14,15). The molecule has 1 fully saturated rings. The number of nitrogens with zero attached hydrogens (tertiary/aromatic N) is 5. The molecule has 1 saturated heterocycles. The van der Waals surface area contributed by atoms with E-state index in [9.17, 15) is 0 Å². The van der Waals surface area contributed by atoms with Crippen molar-refractivity contribution in [3.05, 3.63) is 36.3 Å². The first-order valence-corrected chi connectivity index (χ1v) is 5.86. The van der Waals surface area contributed by atoms with Gasteiger partial charge >= 0.3 is 0 Å². The summed E-state index contributed by atoms with van der Waals surface area (Å²) in [6, 6.07) is 2.20. The van der Waals surface area contributed by atoms with Crippen LogP contribution in [0.1, 0.15) is 30.4 Å². The number of aromatic amines is 1. The lowest BCUT2D eigenvalue weighted by molar-refractivity contribution is 0.669. The van der Waals surface area contributed by atoms with E-state index in [2.05, 4.69) is 24.8 Å². The van der Waals surface area contributed by atoms with E-state index in [0.29, 0.717) is 5.69 Å². The molecule has 90 valence electrons. The highest BCUT2D eigenvalue weighted by Crippen LogP contribution is 2.32. The van der Waals surface area contributed by atoms with E-state index in [-0.39, 0.29) is 6.04 Å². The van der Waals surface area contributed by atoms with Gasteiger partial charge in [0.25, 0.3) is 0 Å². The highest BCUT2D eigenvalue weighted by molar-refractivity contribution is 5.41. The third kappa shape index (κ3) is 1.80. The minimum Gasteiger partial charge on any atom is -0.347 e. The molecule has 6 nitrogen and oxygen atoms in total. The molecular formula is C12H12N6. The third-order valence-corrected chi connectivity index (χ3v) is 3.13. The van der Waals surface area contributed by atoms with Crippen LogP contribution in [0.15, 0.2) is 24.8 Å². The summed E-state index contributed by atoms with van der Waals surface area (Å²) in [6.45, 7) is 0.936. The number of H-pyrrole nitrogens is 1. The second kappa shape index (κ2) is 4.45. The molecule has 1 aliphatic rings. The number of aromatic nitrogens is 4. The Hall–Kier alpha value is -2.42. The molecule has 1 aliphatic heterocycles. The SMILES string of the molecule is N#Cc1cnc(N2CCCC2c2ncc[nH]2)cn1. The highest BCUT2D eigenvalue weighted by Gasteiger charge is 2.28. The monoisotopic (exact) mass is 240 g/mol. The minimum atomic E-state index is 0.224. The van der Waals surface area contributed by atoms with Crippen molar-refractivity contribution in [2.75, 3.05) is 11.4 Å². The molecule has 3 heterocycles. The molecule has 1 atom stereocenters. The number of nitriles is 1. The summed E-state index contributed by atoms with van der Waals surface area (Å²) in [7, 11) is 0. The van der Waals surface area contributed by atoms with Crippen molar-refractivity contribution in [3.8, 4) is 6.07 Å². The molecule has 0 spiro atoms. The van der Waals surface area contributed by atoms with Gasteiger partial charge in [-0.1, -0.05) is 0 Å². The number of hydrogen-bond acceptors (Lipinski definition) is 5. The highest BCUT2D eigenvalue weighted by atomic mass is 15.3. The summed E-state index contributed by atoms with van der Waals surface area (Å²) in [4.78, 5) is 18.0. The number of imidazole rings is 1. The van der Waals surface area contributed by atoms with Gasteiger partial charge in [-0.2, -0.15) is 5.26 Å². The Labute approximate surface area is 104 Å². The fourth-order valence-corrected chi connectivity index (χ4v) is 2.31. The van der Waals surface area contributed by atoms with E-state index in [0.717, 1.165) is 31.0 Å². The maximum atomic E-state index is 8.71. The molecule has 0 aromatic carbocycles. The Kier molecular flexibility index (Phi) is 2.65. The smallest absolute Gasteiger partial charge is 0.158 e. The minimum absolute atomic E-state index is 0.224. The maximum absolute atomic E-state index is 8.71. The fraction of sp³-hybridized carbons (Fsp3) is 0.333. The molecule has 0 radical (unpaired) electrons. The number of rotatable bonds is 2. The maximum Gasteiger partial charge on any atom is 0.158 e. The third-order valence-electron chi connectivity index (χ3n) is 3.13. The molecule has 6 heteroatoms. The summed E-state index contributed by atoms with van der Waals surface area (Å²) in [5, 5.41) is 8.71. The number of hydrogen-bond donors (Lipinski definition) is 1. The Morgan fingerprint density at radius 3 is 2.94 bits per heavy atom. The first-order valence-electron chi connectivity index (χ1n) is 5.86. The lowest BCUT2D eigenvalue weighted by Crippen LogP contribution is -2.24. The molecule has 0 aliphatic carbocycles. The zero-order valence-corrected chi connectivity index (χ0v) is 9.74. The molecule has 0 amide bonds. The molecule has 0 bridgehead atoms. The molecule has 18 heavy (non-hydrogen) atoms. The van der Waals surface area contributed by atoms with Gasteiger partial charge in [-0.05, 0) is 12.8 Å². The number of anilines is 1. The topological polar surface area (TPSA) is 81.5 Å². The van der Waals surface area contributed by atoms with Gasteiger partial charge in [0.2, 0.25) is 0 Å². The average molecular weight is 240 g/mol. The van der Waals surface area contributed by atoms with E-state index in [1.165, 1.54) is 6.20 Å². The lowest BCUT2D eigenvalue weighted by atomic mass is 10.2. The first kappa shape index (κ1) is 10.7. The van der Waals surface area contributed by atoms with Gasteiger partial charge in [-0.25, -0.2) is 15.0 Å². The Morgan fingerprint density at radius 2 is 2.28 bits per heavy atom. The van der Waals surface area contributed by atoms with Crippen molar-refractivity contribution >= 4 is 5.82 Å². The second-order valence-corrected chi connectivity index (χ2v) is 4.20. The Bertz CT molecular complexity index is 553. The van der Waals surface area contributed by atoms with Crippen LogP contribution >= 0.6 is 0 Å². The Morgan fingerprint density at radius 1 is 1.33 bits per heavy atom. The van der Waals surface area contributed by atoms with Crippen LogP contribution in [-0.2, 0) is 0 Å². The molecule has 2 aromatic rings. The largest absolute Gasteiger partial charge is 0.347 e. The van der Waals surface area contributed by atoms with E-state index >= 15 is 0 Å². The van der Waals surface area contributed by atoms with Crippen molar-refractivity contribution < 1.29 is 0 Å². The van der Waals surface area contributed by atoms with Crippen LogP contribution in [0.4, 0.5) is 5.82 Å². The predicted octanol–water partition coefficient (Wildman–Crippen LogP) is 1.41. The van der Waals surface area contributed by atoms with Crippen molar-refractivity contribution in [1.29, 1.82) is 5.26 Å². The van der Waals surface area contributed by atoms with Crippen molar-refractivity contribution in [3.63, 3.8) is 0 Å². The van der Waals surface area contributed by atoms with Gasteiger partial charge < -0.3 is 9.88 Å². The lowest BCUT2D eigenvalue weighted by Gasteiger charge is -2.23. The van der Waals surface area contributed by atoms with Crippen LogP contribution in [-0.4, -0.2) is 26.5 Å². The van der Waals surface area contributed by atoms with Crippen LogP contribution < -0.4 is 4.90 Å². The average Bonchev–Trinajstić information content (AvgIpc) is 3.09. The summed E-state index contributed by atoms with van der Waals surface area (Å²) in [6.07, 6.45) is 8.90. The molecule has 0 saturated carbocycles. The second-order valence-electron chi connectivity index (χ2n) is 4.20.